The van der Waals surface area contributed by atoms with Gasteiger partial charge in [-0.2, -0.15) is 8.78 Å². The molecule has 1 amide bonds. The van der Waals surface area contributed by atoms with Crippen LogP contribution in [0.3, 0.4) is 0 Å². The molecule has 0 fully saturated rings. The van der Waals surface area contributed by atoms with Crippen LogP contribution in [0, 0.1) is 5.41 Å². The molecule has 8 nitrogen and oxygen atoms in total. The predicted molar refractivity (Wildman–Crippen MR) is 106 cm³/mol. The van der Waals surface area contributed by atoms with Gasteiger partial charge in [0.2, 0.25) is 6.79 Å². The fourth-order valence-electron chi connectivity index (χ4n) is 2.20. The zero-order valence-electron chi connectivity index (χ0n) is 16.8. The van der Waals surface area contributed by atoms with Gasteiger partial charge in [-0.05, 0) is 44.4 Å². The first kappa shape index (κ1) is 24.4. The van der Waals surface area contributed by atoms with Gasteiger partial charge in [-0.15, -0.1) is 11.3 Å². The Bertz CT molecular complexity index is 987. The molecule has 1 heterocycles. The summed E-state index contributed by atoms with van der Waals surface area (Å²) in [6.45, 7) is 2.93. The first-order valence-electron chi connectivity index (χ1n) is 8.59. The number of ether oxygens (including phenoxy) is 2. The summed E-state index contributed by atoms with van der Waals surface area (Å²) in [5, 5.41) is 0.309. The molecule has 1 aromatic carbocycles. The van der Waals surface area contributed by atoms with E-state index in [2.05, 4.69) is 4.74 Å². The van der Waals surface area contributed by atoms with E-state index < -0.39 is 49.7 Å². The highest BCUT2D eigenvalue weighted by Crippen LogP contribution is 2.67. The summed E-state index contributed by atoms with van der Waals surface area (Å²) in [6, 6.07) is 4.80. The number of amides is 1. The second-order valence-corrected chi connectivity index (χ2v) is 10.4. The molecule has 1 unspecified atom stereocenters. The van der Waals surface area contributed by atoms with Gasteiger partial charge in [0.1, 0.15) is 0 Å². The first-order valence-corrected chi connectivity index (χ1v) is 10.9. The van der Waals surface area contributed by atoms with Crippen LogP contribution < -0.4 is 5.73 Å². The third-order valence-corrected chi connectivity index (χ3v) is 6.78. The average Bonchev–Trinajstić information content (AvgIpc) is 3.09. The fourth-order valence-corrected chi connectivity index (χ4v) is 4.38. The molecule has 0 aliphatic carbocycles. The lowest BCUT2D eigenvalue weighted by Gasteiger charge is -2.26. The van der Waals surface area contributed by atoms with E-state index in [1.165, 1.54) is 12.1 Å². The summed E-state index contributed by atoms with van der Waals surface area (Å²) in [4.78, 5) is 23.3. The van der Waals surface area contributed by atoms with Gasteiger partial charge in [0.25, 0.3) is 5.91 Å². The maximum Gasteiger partial charge on any atom is 0.409 e. The molecule has 0 bridgehead atoms. The molecule has 30 heavy (non-hydrogen) atoms. The van der Waals surface area contributed by atoms with E-state index in [1.807, 2.05) is 0 Å². The molecule has 0 aliphatic heterocycles. The highest BCUT2D eigenvalue weighted by Gasteiger charge is 2.55. The van der Waals surface area contributed by atoms with Crippen molar-refractivity contribution in [1.29, 1.82) is 0 Å². The summed E-state index contributed by atoms with van der Waals surface area (Å²) < 4.78 is 62.7. The molecule has 0 saturated carbocycles. The summed E-state index contributed by atoms with van der Waals surface area (Å²) in [6.07, 6.45) is 0. The van der Waals surface area contributed by atoms with E-state index in [9.17, 15) is 14.2 Å². The Morgan fingerprint density at radius 1 is 1.13 bits per heavy atom. The third kappa shape index (κ3) is 5.22. The Morgan fingerprint density at radius 2 is 1.77 bits per heavy atom. The van der Waals surface area contributed by atoms with Gasteiger partial charge >= 0.3 is 19.2 Å². The van der Waals surface area contributed by atoms with Crippen molar-refractivity contribution in [1.82, 2.24) is 0 Å². The van der Waals surface area contributed by atoms with Gasteiger partial charge < -0.3 is 15.2 Å². The monoisotopic (exact) mass is 465 g/mol. The number of carbonyl (C=O) groups is 2. The molecular weight excluding hydrogens is 443 g/mol. The Balaban J connectivity index is 2.33. The Kier molecular flexibility index (Phi) is 7.36. The molecule has 2 N–H and O–H groups in total. The molecule has 2 aromatic rings. The van der Waals surface area contributed by atoms with Crippen LogP contribution in [0.25, 0.3) is 10.1 Å². The number of thiophene rings is 1. The van der Waals surface area contributed by atoms with Crippen molar-refractivity contribution in [2.24, 2.45) is 11.1 Å². The zero-order valence-corrected chi connectivity index (χ0v) is 18.5. The number of hydrogen-bond donors (Lipinski definition) is 1. The molecule has 12 heteroatoms. The lowest BCUT2D eigenvalue weighted by molar-refractivity contribution is -0.161. The second-order valence-electron chi connectivity index (χ2n) is 7.23. The van der Waals surface area contributed by atoms with Crippen molar-refractivity contribution >= 4 is 40.9 Å². The number of alkyl halides is 2. The Hall–Kier alpha value is -1.91. The lowest BCUT2D eigenvalue weighted by Crippen LogP contribution is -2.25. The Morgan fingerprint density at radius 3 is 2.33 bits per heavy atom. The summed E-state index contributed by atoms with van der Waals surface area (Å²) in [7, 11) is -4.03. The lowest BCUT2D eigenvalue weighted by atomic mass is 9.98. The van der Waals surface area contributed by atoms with Crippen molar-refractivity contribution in [2.75, 3.05) is 20.7 Å². The van der Waals surface area contributed by atoms with E-state index in [-0.39, 0.29) is 4.88 Å². The van der Waals surface area contributed by atoms with Crippen LogP contribution in [0.1, 0.15) is 36.0 Å². The normalized spacial score (nSPS) is 14.5. The first-order chi connectivity index (χ1) is 13.8. The molecule has 2 rings (SSSR count). The van der Waals surface area contributed by atoms with Crippen molar-refractivity contribution < 1.29 is 41.5 Å². The average molecular weight is 465 g/mol. The molecule has 0 spiro atoms. The standard InChI is InChI=1S/C18H22F2NO7PS/c1-17(2,3)16(23)26-10-28-29(24,27-9-25-4)18(19,20)12-5-6-13-11(7-12)8-14(30-13)15(21)22/h5-8H,9-10H2,1-4H3,(H2,21,22). The minimum atomic E-state index is -5.18. The number of halogens is 2. The van der Waals surface area contributed by atoms with Crippen LogP contribution in [0.5, 0.6) is 0 Å². The summed E-state index contributed by atoms with van der Waals surface area (Å²) >= 11 is 1.04. The van der Waals surface area contributed by atoms with Crippen LogP contribution >= 0.6 is 18.9 Å². The van der Waals surface area contributed by atoms with E-state index in [0.717, 1.165) is 30.6 Å². The summed E-state index contributed by atoms with van der Waals surface area (Å²) in [5.41, 5.74) is -0.477. The number of carbonyl (C=O) groups excluding carboxylic acids is 2. The van der Waals surface area contributed by atoms with Crippen molar-refractivity contribution in [3.05, 3.63) is 34.7 Å². The minimum absolute atomic E-state index is 0.189. The maximum absolute atomic E-state index is 15.2. The molecular formula is C18H22F2NO7PS. The topological polar surface area (TPSA) is 114 Å². The minimum Gasteiger partial charge on any atom is -0.438 e. The quantitative estimate of drug-likeness (QED) is 0.331. The number of esters is 1. The van der Waals surface area contributed by atoms with Gasteiger partial charge in [-0.1, -0.05) is 6.07 Å². The Labute approximate surface area is 175 Å². The number of hydrogen-bond acceptors (Lipinski definition) is 8. The van der Waals surface area contributed by atoms with Gasteiger partial charge in [-0.3, -0.25) is 23.2 Å². The van der Waals surface area contributed by atoms with Crippen LogP contribution in [0.15, 0.2) is 24.3 Å². The molecule has 166 valence electrons. The number of fused-ring (bicyclic) bond motifs is 1. The number of methoxy groups -OCH3 is 1. The van der Waals surface area contributed by atoms with Crippen LogP contribution in [-0.4, -0.2) is 32.6 Å². The van der Waals surface area contributed by atoms with Gasteiger partial charge in [0, 0.05) is 17.4 Å². The predicted octanol–water partition coefficient (Wildman–Crippen LogP) is 4.43. The highest BCUT2D eigenvalue weighted by atomic mass is 32.1. The van der Waals surface area contributed by atoms with Crippen LogP contribution in [0.2, 0.25) is 0 Å². The smallest absolute Gasteiger partial charge is 0.409 e. The molecule has 0 radical (unpaired) electrons. The third-order valence-electron chi connectivity index (χ3n) is 3.82. The highest BCUT2D eigenvalue weighted by molar-refractivity contribution is 7.54. The van der Waals surface area contributed by atoms with Gasteiger partial charge in [0.05, 0.1) is 10.3 Å². The molecule has 0 saturated heterocycles. The van der Waals surface area contributed by atoms with Crippen molar-refractivity contribution in [3.63, 3.8) is 0 Å². The second kappa shape index (κ2) is 9.07. The van der Waals surface area contributed by atoms with E-state index >= 15 is 8.78 Å². The molecule has 1 atom stereocenters. The SMILES string of the molecule is COCOP(=O)(OCOC(=O)C(C)(C)C)C(F)(F)c1ccc2sc(C(N)=O)cc2c1. The largest absolute Gasteiger partial charge is 0.438 e. The van der Waals surface area contributed by atoms with Gasteiger partial charge in [-0.25, -0.2) is 0 Å². The molecule has 0 aliphatic rings. The number of primary amides is 1. The number of rotatable bonds is 9. The zero-order chi connectivity index (χ0) is 22.7. The molecule has 1 aromatic heterocycles. The summed E-state index contributed by atoms with van der Waals surface area (Å²) in [5.74, 6) is -1.43. The number of nitrogens with two attached hydrogens (primary N) is 1. The van der Waals surface area contributed by atoms with Gasteiger partial charge in [0.15, 0.2) is 6.79 Å². The number of benzene rings is 1. The van der Waals surface area contributed by atoms with Crippen LogP contribution in [-0.2, 0) is 33.5 Å². The van der Waals surface area contributed by atoms with Crippen LogP contribution in [0.4, 0.5) is 8.78 Å². The van der Waals surface area contributed by atoms with Crippen molar-refractivity contribution in [2.45, 2.75) is 26.4 Å². The van der Waals surface area contributed by atoms with E-state index in [1.54, 1.807) is 20.8 Å². The maximum atomic E-state index is 15.2. The fraction of sp³-hybridized carbons (Fsp3) is 0.444. The van der Waals surface area contributed by atoms with E-state index in [0.29, 0.717) is 10.1 Å². The van der Waals surface area contributed by atoms with Crippen molar-refractivity contribution in [3.8, 4) is 0 Å². The van der Waals surface area contributed by atoms with E-state index in [4.69, 9.17) is 19.5 Å².